The molecular weight excluding hydrogens is 499 g/mol. The van der Waals surface area contributed by atoms with Crippen molar-refractivity contribution in [1.82, 2.24) is 24.5 Å². The van der Waals surface area contributed by atoms with Crippen molar-refractivity contribution >= 4 is 22.5 Å². The van der Waals surface area contributed by atoms with E-state index in [1.165, 1.54) is 10.6 Å². The molecule has 0 fully saturated rings. The van der Waals surface area contributed by atoms with Gasteiger partial charge >= 0.3 is 5.69 Å². The van der Waals surface area contributed by atoms with Gasteiger partial charge in [-0.15, -0.1) is 5.10 Å². The Kier molecular flexibility index (Phi) is 7.02. The highest BCUT2D eigenvalue weighted by atomic mass is 19.1. The summed E-state index contributed by atoms with van der Waals surface area (Å²) in [6.45, 7) is 5.68. The van der Waals surface area contributed by atoms with Crippen molar-refractivity contribution < 1.29 is 13.9 Å². The van der Waals surface area contributed by atoms with Crippen molar-refractivity contribution in [3.8, 4) is 11.4 Å². The third-order valence-electron chi connectivity index (χ3n) is 6.77. The molecule has 0 radical (unpaired) electrons. The number of halogens is 1. The zero-order chi connectivity index (χ0) is 27.7. The molecule has 1 atom stereocenters. The van der Waals surface area contributed by atoms with Gasteiger partial charge in [0.25, 0.3) is 5.91 Å². The monoisotopic (exact) mass is 528 g/mol. The molecule has 0 bridgehead atoms. The largest absolute Gasteiger partial charge is 0.485 e. The number of H-pyrrole nitrogens is 1. The van der Waals surface area contributed by atoms with Gasteiger partial charge in [0.05, 0.1) is 17.3 Å². The first-order valence-electron chi connectivity index (χ1n) is 12.8. The number of anilines is 1. The number of hydrogen-bond acceptors (Lipinski definition) is 5. The number of carbonyl (C=O) groups is 1. The highest BCUT2D eigenvalue weighted by Crippen LogP contribution is 2.31. The number of nitrogens with one attached hydrogen (secondary N) is 2. The molecule has 200 valence electrons. The van der Waals surface area contributed by atoms with Crippen LogP contribution in [0.25, 0.3) is 16.6 Å². The summed E-state index contributed by atoms with van der Waals surface area (Å²) in [6, 6.07) is 15.7. The van der Waals surface area contributed by atoms with E-state index in [-0.39, 0.29) is 17.0 Å². The van der Waals surface area contributed by atoms with Crippen LogP contribution in [0.4, 0.5) is 10.1 Å². The smallest absolute Gasteiger partial charge is 0.350 e. The molecule has 0 spiro atoms. The maximum Gasteiger partial charge on any atom is 0.350 e. The first kappa shape index (κ1) is 25.9. The van der Waals surface area contributed by atoms with Gasteiger partial charge in [-0.1, -0.05) is 44.2 Å². The van der Waals surface area contributed by atoms with Gasteiger partial charge in [-0.25, -0.2) is 9.18 Å². The summed E-state index contributed by atoms with van der Waals surface area (Å²) < 4.78 is 24.2. The van der Waals surface area contributed by atoms with Gasteiger partial charge in [-0.3, -0.25) is 14.5 Å². The second-order valence-corrected chi connectivity index (χ2v) is 9.27. The fourth-order valence-corrected chi connectivity index (χ4v) is 4.54. The van der Waals surface area contributed by atoms with Gasteiger partial charge < -0.3 is 10.1 Å². The molecule has 2 N–H and O–H groups in total. The summed E-state index contributed by atoms with van der Waals surface area (Å²) in [7, 11) is 1.58. The zero-order valence-electron chi connectivity index (χ0n) is 22.2. The molecule has 5 rings (SSSR count). The molecule has 0 saturated heterocycles. The van der Waals surface area contributed by atoms with Crippen molar-refractivity contribution in [2.45, 2.75) is 39.7 Å². The lowest BCUT2D eigenvalue weighted by Crippen LogP contribution is -2.23. The van der Waals surface area contributed by atoms with Crippen LogP contribution >= 0.6 is 0 Å². The van der Waals surface area contributed by atoms with Crippen LogP contribution in [0.2, 0.25) is 0 Å². The topological polar surface area (TPSA) is 107 Å². The number of rotatable bonds is 8. The number of aryl methyl sites for hydroxylation is 2. The Labute approximate surface area is 224 Å². The molecule has 0 aliphatic rings. The summed E-state index contributed by atoms with van der Waals surface area (Å²) >= 11 is 0. The predicted molar refractivity (Wildman–Crippen MR) is 147 cm³/mol. The molecule has 5 aromatic rings. The minimum absolute atomic E-state index is 0.00642. The van der Waals surface area contributed by atoms with E-state index >= 15 is 4.39 Å². The number of amides is 1. The number of benzene rings is 3. The fourth-order valence-electron chi connectivity index (χ4n) is 4.54. The van der Waals surface area contributed by atoms with Crippen LogP contribution < -0.4 is 15.7 Å². The molecule has 9 nitrogen and oxygen atoms in total. The van der Waals surface area contributed by atoms with Crippen LogP contribution in [-0.2, 0) is 19.9 Å². The maximum absolute atomic E-state index is 15.6. The first-order chi connectivity index (χ1) is 18.8. The Morgan fingerprint density at radius 3 is 2.59 bits per heavy atom. The van der Waals surface area contributed by atoms with E-state index in [1.54, 1.807) is 13.2 Å². The van der Waals surface area contributed by atoms with Gasteiger partial charge in [-0.2, -0.15) is 9.78 Å². The average Bonchev–Trinajstić information content (AvgIpc) is 3.52. The lowest BCUT2D eigenvalue weighted by Gasteiger charge is -2.19. The second kappa shape index (κ2) is 10.6. The minimum Gasteiger partial charge on any atom is -0.485 e. The van der Waals surface area contributed by atoms with E-state index in [1.807, 2.05) is 63.2 Å². The highest BCUT2D eigenvalue weighted by molar-refractivity contribution is 6.07. The average molecular weight is 529 g/mol. The van der Waals surface area contributed by atoms with E-state index in [0.29, 0.717) is 24.4 Å². The summed E-state index contributed by atoms with van der Waals surface area (Å²) in [6.07, 6.45) is 2.37. The van der Waals surface area contributed by atoms with Gasteiger partial charge in [-0.05, 0) is 42.7 Å². The lowest BCUT2D eigenvalue weighted by atomic mass is 10.1. The molecule has 0 aliphatic heterocycles. The van der Waals surface area contributed by atoms with Gasteiger partial charge in [0, 0.05) is 30.6 Å². The summed E-state index contributed by atoms with van der Waals surface area (Å²) in [4.78, 5) is 26.4. The number of aromatic amines is 1. The van der Waals surface area contributed by atoms with Crippen LogP contribution in [0, 0.1) is 5.82 Å². The molecule has 1 amide bonds. The Morgan fingerprint density at radius 1 is 1.13 bits per heavy atom. The standard InChI is InChI=1S/C29H29FN6O3/c1-5-18-12-24-20(16-31-33-24)13-23(18)32-28(37)21-14-22(30)25(36-29(38)35(4)27(6-2)34-36)15-26(21)39-17(3)19-10-8-7-9-11-19/h7-17H,5-6H2,1-4H3,(H,31,33)(H,32,37)/t17-/m0/s1. The summed E-state index contributed by atoms with van der Waals surface area (Å²) in [5.74, 6) is -0.694. The van der Waals surface area contributed by atoms with Crippen LogP contribution in [0.5, 0.6) is 5.75 Å². The minimum atomic E-state index is -0.774. The third kappa shape index (κ3) is 4.93. The summed E-state index contributed by atoms with van der Waals surface area (Å²) in [5.41, 5.74) is 2.61. The number of ether oxygens (including phenoxy) is 1. The zero-order valence-corrected chi connectivity index (χ0v) is 22.2. The highest BCUT2D eigenvalue weighted by Gasteiger charge is 2.23. The third-order valence-corrected chi connectivity index (χ3v) is 6.77. The predicted octanol–water partition coefficient (Wildman–Crippen LogP) is 5.10. The molecule has 0 unspecified atom stereocenters. The van der Waals surface area contributed by atoms with Crippen LogP contribution in [-0.4, -0.2) is 30.5 Å². The van der Waals surface area contributed by atoms with Gasteiger partial charge in [0.15, 0.2) is 0 Å². The van der Waals surface area contributed by atoms with E-state index in [4.69, 9.17) is 4.74 Å². The molecule has 2 heterocycles. The van der Waals surface area contributed by atoms with Gasteiger partial charge in [0.2, 0.25) is 0 Å². The fraction of sp³-hybridized carbons (Fsp3) is 0.241. The van der Waals surface area contributed by atoms with E-state index in [0.717, 1.165) is 32.8 Å². The van der Waals surface area contributed by atoms with E-state index in [2.05, 4.69) is 20.6 Å². The van der Waals surface area contributed by atoms with Crippen LogP contribution in [0.3, 0.4) is 0 Å². The van der Waals surface area contributed by atoms with E-state index in [9.17, 15) is 9.59 Å². The molecule has 3 aromatic carbocycles. The quantitative estimate of drug-likeness (QED) is 0.291. The molecule has 0 saturated carbocycles. The molecule has 0 aliphatic carbocycles. The lowest BCUT2D eigenvalue weighted by molar-refractivity contribution is 0.101. The number of hydrogen-bond donors (Lipinski definition) is 2. The van der Waals surface area contributed by atoms with Crippen molar-refractivity contribution in [3.05, 3.63) is 99.6 Å². The Balaban J connectivity index is 1.59. The number of aromatic nitrogens is 5. The number of carbonyl (C=O) groups excluding carboxylic acids is 1. The SMILES string of the molecule is CCc1cc2[nH]ncc2cc1NC(=O)c1cc(F)c(-n2nc(CC)n(C)c2=O)cc1O[C@@H](C)c1ccccc1. The molecule has 10 heteroatoms. The first-order valence-corrected chi connectivity index (χ1v) is 12.8. The number of nitrogens with zero attached hydrogens (tertiary/aromatic N) is 4. The maximum atomic E-state index is 15.6. The second-order valence-electron chi connectivity index (χ2n) is 9.27. The Morgan fingerprint density at radius 2 is 1.90 bits per heavy atom. The van der Waals surface area contributed by atoms with E-state index < -0.39 is 23.5 Å². The van der Waals surface area contributed by atoms with Crippen molar-refractivity contribution in [2.75, 3.05) is 5.32 Å². The van der Waals surface area contributed by atoms with Crippen LogP contribution in [0.15, 0.2) is 65.6 Å². The summed E-state index contributed by atoms with van der Waals surface area (Å²) in [5, 5.41) is 15.0. The van der Waals surface area contributed by atoms with Crippen molar-refractivity contribution in [2.24, 2.45) is 7.05 Å². The molecule has 2 aromatic heterocycles. The van der Waals surface area contributed by atoms with Crippen molar-refractivity contribution in [3.63, 3.8) is 0 Å². The molecular formula is C29H29FN6O3. The molecule has 39 heavy (non-hydrogen) atoms. The Hall–Kier alpha value is -4.73. The van der Waals surface area contributed by atoms with Gasteiger partial charge in [0.1, 0.15) is 29.2 Å². The van der Waals surface area contributed by atoms with Crippen molar-refractivity contribution in [1.29, 1.82) is 0 Å². The number of fused-ring (bicyclic) bond motifs is 1. The normalized spacial score (nSPS) is 12.0. The Bertz CT molecular complexity index is 1720. The van der Waals surface area contributed by atoms with Crippen LogP contribution in [0.1, 0.15) is 54.2 Å².